The number of nitrogens with zero attached hydrogens (tertiary/aromatic N) is 3. The second-order valence-corrected chi connectivity index (χ2v) is 10.4. The van der Waals surface area contributed by atoms with E-state index in [1.807, 2.05) is 81.4 Å². The van der Waals surface area contributed by atoms with Crippen LogP contribution in [0.25, 0.3) is 10.4 Å². The summed E-state index contributed by atoms with van der Waals surface area (Å²) in [5.74, 6) is -1.01. The summed E-state index contributed by atoms with van der Waals surface area (Å²) in [7, 11) is 1.22. The van der Waals surface area contributed by atoms with Gasteiger partial charge < -0.3 is 33.5 Å². The molecule has 2 fully saturated rings. The number of hydrogen-bond donors (Lipinski definition) is 1. The van der Waals surface area contributed by atoms with Crippen molar-refractivity contribution in [2.75, 3.05) is 7.11 Å². The number of hydrogen-bond acceptors (Lipinski definition) is 9. The molecule has 2 aliphatic heterocycles. The molecule has 2 heterocycles. The van der Waals surface area contributed by atoms with Crippen LogP contribution in [0.5, 0.6) is 0 Å². The molecular formula is C30H39N3O8. The Kier molecular flexibility index (Phi) is 11.1. The van der Waals surface area contributed by atoms with E-state index in [9.17, 15) is 9.90 Å². The Morgan fingerprint density at radius 2 is 1.54 bits per heavy atom. The zero-order valence-electron chi connectivity index (χ0n) is 23.8. The van der Waals surface area contributed by atoms with Crippen LogP contribution in [-0.2, 0) is 46.4 Å². The van der Waals surface area contributed by atoms with Crippen molar-refractivity contribution in [2.45, 2.75) is 95.5 Å². The van der Waals surface area contributed by atoms with Gasteiger partial charge in [0.25, 0.3) is 0 Å². The highest BCUT2D eigenvalue weighted by Crippen LogP contribution is 2.36. The Hall–Kier alpha value is -3.02. The minimum absolute atomic E-state index is 0.158. The molecule has 4 unspecified atom stereocenters. The van der Waals surface area contributed by atoms with Gasteiger partial charge in [-0.2, -0.15) is 0 Å². The molecule has 11 nitrogen and oxygen atoms in total. The monoisotopic (exact) mass is 569 g/mol. The van der Waals surface area contributed by atoms with E-state index in [4.69, 9.17) is 34.0 Å². The number of carbonyl (C=O) groups excluding carboxylic acids is 1. The Morgan fingerprint density at radius 1 is 0.951 bits per heavy atom. The quantitative estimate of drug-likeness (QED) is 0.183. The van der Waals surface area contributed by atoms with Gasteiger partial charge in [0.2, 0.25) is 0 Å². The van der Waals surface area contributed by atoms with Crippen LogP contribution < -0.4 is 0 Å². The van der Waals surface area contributed by atoms with Crippen LogP contribution in [0, 0.1) is 5.92 Å². The van der Waals surface area contributed by atoms with Gasteiger partial charge in [0.05, 0.1) is 44.7 Å². The molecular weight excluding hydrogens is 530 g/mol. The number of ether oxygens (including phenoxy) is 6. The van der Waals surface area contributed by atoms with Gasteiger partial charge in [0.1, 0.15) is 18.3 Å². The van der Waals surface area contributed by atoms with Crippen molar-refractivity contribution in [3.8, 4) is 0 Å². The summed E-state index contributed by atoms with van der Waals surface area (Å²) in [5.41, 5.74) is 10.9. The molecule has 11 heteroatoms. The maximum absolute atomic E-state index is 12.7. The first-order valence-corrected chi connectivity index (χ1v) is 13.9. The Bertz CT molecular complexity index is 1150. The highest BCUT2D eigenvalue weighted by atomic mass is 16.7. The lowest BCUT2D eigenvalue weighted by atomic mass is 9.85. The van der Waals surface area contributed by atoms with E-state index in [2.05, 4.69) is 10.0 Å². The lowest BCUT2D eigenvalue weighted by Crippen LogP contribution is -2.64. The molecule has 2 aliphatic rings. The summed E-state index contributed by atoms with van der Waals surface area (Å²) in [6, 6.07) is 18.6. The van der Waals surface area contributed by atoms with Gasteiger partial charge in [0.15, 0.2) is 12.4 Å². The first-order chi connectivity index (χ1) is 19.9. The van der Waals surface area contributed by atoms with Crippen LogP contribution >= 0.6 is 0 Å². The van der Waals surface area contributed by atoms with Crippen LogP contribution in [0.4, 0.5) is 0 Å². The number of benzene rings is 2. The zero-order chi connectivity index (χ0) is 29.4. The van der Waals surface area contributed by atoms with Crippen LogP contribution in [-0.4, -0.2) is 73.2 Å². The standard InChI is InChI=1S/C30H39N3O8/c1-5-22-25(18(2)23(32-33-31)19(3)39-22)40-30-28(38-17-21-14-10-7-11-15-21)26(24(34)27(41-30)29(35)36-4)37-16-20-12-8-6-9-13-20/h6-15,18-19,22-28,30,34H,5,16-17H2,1-4H3/t18-,19+,22?,23?,24+,25+,26-,27?,28?,30-/m1/s1. The maximum Gasteiger partial charge on any atom is 0.337 e. The van der Waals surface area contributed by atoms with Gasteiger partial charge in [-0.25, -0.2) is 4.79 Å². The zero-order valence-corrected chi connectivity index (χ0v) is 23.8. The van der Waals surface area contributed by atoms with Gasteiger partial charge in [-0.1, -0.05) is 79.6 Å². The van der Waals surface area contributed by atoms with Crippen molar-refractivity contribution in [3.05, 3.63) is 82.2 Å². The molecule has 1 N–H and O–H groups in total. The summed E-state index contributed by atoms with van der Waals surface area (Å²) in [6.45, 7) is 6.12. The normalized spacial score (nSPS) is 33.5. The fraction of sp³-hybridized carbons (Fsp3) is 0.567. The van der Waals surface area contributed by atoms with E-state index in [0.29, 0.717) is 6.42 Å². The largest absolute Gasteiger partial charge is 0.467 e. The number of aliphatic hydroxyl groups excluding tert-OH is 1. The molecule has 0 amide bonds. The van der Waals surface area contributed by atoms with E-state index < -0.39 is 48.8 Å². The Balaban J connectivity index is 1.66. The lowest BCUT2D eigenvalue weighted by molar-refractivity contribution is -0.337. The second kappa shape index (κ2) is 14.7. The molecule has 4 rings (SSSR count). The number of methoxy groups -OCH3 is 1. The number of aliphatic hydroxyl groups is 1. The first-order valence-electron chi connectivity index (χ1n) is 13.9. The van der Waals surface area contributed by atoms with Gasteiger partial charge in [-0.15, -0.1) is 0 Å². The Labute approximate surface area is 240 Å². The van der Waals surface area contributed by atoms with Gasteiger partial charge >= 0.3 is 5.97 Å². The first kappa shape index (κ1) is 30.9. The molecule has 0 aliphatic carbocycles. The van der Waals surface area contributed by atoms with Crippen molar-refractivity contribution in [3.63, 3.8) is 0 Å². The predicted octanol–water partition coefficient (Wildman–Crippen LogP) is 4.31. The van der Waals surface area contributed by atoms with E-state index in [0.717, 1.165) is 11.1 Å². The van der Waals surface area contributed by atoms with Gasteiger partial charge in [0, 0.05) is 4.91 Å². The molecule has 0 aromatic heterocycles. The van der Waals surface area contributed by atoms with Crippen molar-refractivity contribution in [2.24, 2.45) is 11.0 Å². The minimum Gasteiger partial charge on any atom is -0.467 e. The van der Waals surface area contributed by atoms with Crippen LogP contribution in [0.15, 0.2) is 65.8 Å². The molecule has 2 aromatic carbocycles. The van der Waals surface area contributed by atoms with Crippen molar-refractivity contribution < 1.29 is 38.3 Å². The summed E-state index contributed by atoms with van der Waals surface area (Å²) >= 11 is 0. The third kappa shape index (κ3) is 7.44. The molecule has 0 saturated carbocycles. The van der Waals surface area contributed by atoms with Crippen molar-refractivity contribution in [1.29, 1.82) is 0 Å². The van der Waals surface area contributed by atoms with E-state index in [1.165, 1.54) is 7.11 Å². The SMILES string of the molecule is CCC1O[C@@H](C)C(N=[N+]=[N-])[C@@H](C)[C@@H]1O[C@@H]1OC(C(=O)OC)[C@@H](O)[C@@H](OCc2ccccc2)C1OCc1ccccc1. The number of azide groups is 1. The van der Waals surface area contributed by atoms with Gasteiger partial charge in [-0.3, -0.25) is 0 Å². The number of carbonyl (C=O) groups is 1. The topological polar surface area (TPSA) is 141 Å². The summed E-state index contributed by atoms with van der Waals surface area (Å²) in [4.78, 5) is 15.8. The van der Waals surface area contributed by atoms with Crippen LogP contribution in [0.3, 0.4) is 0 Å². The maximum atomic E-state index is 12.7. The highest BCUT2D eigenvalue weighted by Gasteiger charge is 2.53. The van der Waals surface area contributed by atoms with E-state index >= 15 is 0 Å². The average Bonchev–Trinajstić information content (AvgIpc) is 3.00. The van der Waals surface area contributed by atoms with E-state index in [-0.39, 0.29) is 31.3 Å². The summed E-state index contributed by atoms with van der Waals surface area (Å²) < 4.78 is 36.4. The highest BCUT2D eigenvalue weighted by molar-refractivity contribution is 5.75. The van der Waals surface area contributed by atoms with E-state index in [1.54, 1.807) is 0 Å². The Morgan fingerprint density at radius 3 is 2.07 bits per heavy atom. The molecule has 0 bridgehead atoms. The van der Waals surface area contributed by atoms with Crippen LogP contribution in [0.1, 0.15) is 38.3 Å². The predicted molar refractivity (Wildman–Crippen MR) is 148 cm³/mol. The molecule has 41 heavy (non-hydrogen) atoms. The molecule has 222 valence electrons. The summed E-state index contributed by atoms with van der Waals surface area (Å²) in [5, 5.41) is 15.3. The minimum atomic E-state index is -1.40. The number of esters is 1. The third-order valence-corrected chi connectivity index (χ3v) is 7.70. The summed E-state index contributed by atoms with van der Waals surface area (Å²) in [6.07, 6.45) is -6.45. The van der Waals surface area contributed by atoms with Crippen molar-refractivity contribution in [1.82, 2.24) is 0 Å². The van der Waals surface area contributed by atoms with Crippen molar-refractivity contribution >= 4 is 5.97 Å². The molecule has 2 saturated heterocycles. The fourth-order valence-electron chi connectivity index (χ4n) is 5.49. The fourth-order valence-corrected chi connectivity index (χ4v) is 5.49. The lowest BCUT2D eigenvalue weighted by Gasteiger charge is -2.48. The van der Waals surface area contributed by atoms with Gasteiger partial charge in [-0.05, 0) is 35.9 Å². The number of rotatable bonds is 11. The molecule has 2 aromatic rings. The molecule has 0 spiro atoms. The third-order valence-electron chi connectivity index (χ3n) is 7.70. The second-order valence-electron chi connectivity index (χ2n) is 10.4. The smallest absolute Gasteiger partial charge is 0.337 e. The molecule has 10 atom stereocenters. The van der Waals surface area contributed by atoms with Crippen LogP contribution in [0.2, 0.25) is 0 Å². The molecule has 0 radical (unpaired) electrons. The average molecular weight is 570 g/mol.